The van der Waals surface area contributed by atoms with E-state index in [4.69, 9.17) is 4.74 Å². The van der Waals surface area contributed by atoms with Crippen LogP contribution in [0.1, 0.15) is 19.8 Å². The number of hydrogen-bond acceptors (Lipinski definition) is 5. The van der Waals surface area contributed by atoms with E-state index in [-0.39, 0.29) is 11.8 Å². The number of carbonyl (C=O) groups excluding carboxylic acids is 1. The summed E-state index contributed by atoms with van der Waals surface area (Å²) in [6.45, 7) is 4.00. The Labute approximate surface area is 141 Å². The van der Waals surface area contributed by atoms with Crippen LogP contribution in [0.5, 0.6) is 5.75 Å². The van der Waals surface area contributed by atoms with Crippen LogP contribution in [0.15, 0.2) is 42.7 Å². The fourth-order valence-electron chi connectivity index (χ4n) is 2.91. The molecule has 1 amide bonds. The number of benzene rings is 1. The molecule has 2 heterocycles. The van der Waals surface area contributed by atoms with Gasteiger partial charge in [-0.25, -0.2) is 9.97 Å². The monoisotopic (exact) mass is 326 g/mol. The molecule has 1 aromatic carbocycles. The van der Waals surface area contributed by atoms with E-state index in [1.807, 2.05) is 31.2 Å². The number of aromatic nitrogens is 2. The number of amides is 1. The number of nitrogens with zero attached hydrogens (tertiary/aromatic N) is 3. The van der Waals surface area contributed by atoms with Gasteiger partial charge in [0.05, 0.1) is 18.2 Å². The van der Waals surface area contributed by atoms with Gasteiger partial charge in [0.1, 0.15) is 5.75 Å². The van der Waals surface area contributed by atoms with Crippen molar-refractivity contribution in [3.05, 3.63) is 42.7 Å². The van der Waals surface area contributed by atoms with Gasteiger partial charge in [-0.15, -0.1) is 0 Å². The van der Waals surface area contributed by atoms with Crippen LogP contribution < -0.4 is 15.0 Å². The molecule has 0 bridgehead atoms. The lowest BCUT2D eigenvalue weighted by Crippen LogP contribution is -2.41. The Hall–Kier alpha value is -2.63. The maximum Gasteiger partial charge on any atom is 0.229 e. The van der Waals surface area contributed by atoms with Gasteiger partial charge in [-0.3, -0.25) is 4.79 Å². The Morgan fingerprint density at radius 3 is 2.88 bits per heavy atom. The first-order valence-electron chi connectivity index (χ1n) is 8.32. The van der Waals surface area contributed by atoms with Crippen LogP contribution in [-0.4, -0.2) is 35.6 Å². The van der Waals surface area contributed by atoms with Gasteiger partial charge < -0.3 is 15.0 Å². The smallest absolute Gasteiger partial charge is 0.229 e. The largest absolute Gasteiger partial charge is 0.492 e. The summed E-state index contributed by atoms with van der Waals surface area (Å²) in [5.41, 5.74) is 0.720. The molecule has 0 spiro atoms. The number of anilines is 2. The Kier molecular flexibility index (Phi) is 5.25. The van der Waals surface area contributed by atoms with E-state index in [1.54, 1.807) is 18.5 Å². The first-order chi connectivity index (χ1) is 11.8. The first-order valence-corrected chi connectivity index (χ1v) is 8.32. The van der Waals surface area contributed by atoms with Crippen LogP contribution in [0, 0.1) is 5.92 Å². The lowest BCUT2D eigenvalue weighted by molar-refractivity contribution is -0.120. The Morgan fingerprint density at radius 2 is 2.08 bits per heavy atom. The SMILES string of the molecule is CCOc1ccccc1NC(=O)[C@H]1CCCN(c2ncccn2)C1. The topological polar surface area (TPSA) is 67.3 Å². The van der Waals surface area contributed by atoms with Gasteiger partial charge in [-0.1, -0.05) is 12.1 Å². The van der Waals surface area contributed by atoms with Crippen molar-refractivity contribution >= 4 is 17.5 Å². The molecule has 6 nitrogen and oxygen atoms in total. The van der Waals surface area contributed by atoms with Gasteiger partial charge >= 0.3 is 0 Å². The van der Waals surface area contributed by atoms with Crippen LogP contribution in [0.2, 0.25) is 0 Å². The van der Waals surface area contributed by atoms with E-state index in [0.717, 1.165) is 25.1 Å². The van der Waals surface area contributed by atoms with Crippen molar-refractivity contribution in [2.75, 3.05) is 29.9 Å². The van der Waals surface area contributed by atoms with Crippen molar-refractivity contribution in [2.24, 2.45) is 5.92 Å². The van der Waals surface area contributed by atoms with Crippen LogP contribution in [0.3, 0.4) is 0 Å². The van der Waals surface area contributed by atoms with Gasteiger partial charge in [0, 0.05) is 25.5 Å². The highest BCUT2D eigenvalue weighted by molar-refractivity contribution is 5.94. The van der Waals surface area contributed by atoms with E-state index in [1.165, 1.54) is 0 Å². The molecule has 1 aromatic heterocycles. The molecule has 3 rings (SSSR count). The summed E-state index contributed by atoms with van der Waals surface area (Å²) in [5.74, 6) is 1.32. The Bertz CT molecular complexity index is 678. The molecule has 0 aliphatic carbocycles. The van der Waals surface area contributed by atoms with Crippen molar-refractivity contribution in [2.45, 2.75) is 19.8 Å². The summed E-state index contributed by atoms with van der Waals surface area (Å²) in [4.78, 5) is 23.3. The molecule has 1 fully saturated rings. The zero-order valence-corrected chi connectivity index (χ0v) is 13.8. The highest BCUT2D eigenvalue weighted by atomic mass is 16.5. The highest BCUT2D eigenvalue weighted by Gasteiger charge is 2.27. The fourth-order valence-corrected chi connectivity index (χ4v) is 2.91. The summed E-state index contributed by atoms with van der Waals surface area (Å²) in [6.07, 6.45) is 5.27. The maximum atomic E-state index is 12.7. The molecule has 1 atom stereocenters. The molecule has 0 saturated carbocycles. The number of piperidine rings is 1. The average molecular weight is 326 g/mol. The van der Waals surface area contributed by atoms with Gasteiger partial charge in [0.25, 0.3) is 0 Å². The third-order valence-electron chi connectivity index (χ3n) is 4.07. The van der Waals surface area contributed by atoms with E-state index in [0.29, 0.717) is 24.8 Å². The zero-order chi connectivity index (χ0) is 16.8. The molecule has 1 saturated heterocycles. The van der Waals surface area contributed by atoms with Crippen molar-refractivity contribution in [1.29, 1.82) is 0 Å². The van der Waals surface area contributed by atoms with Crippen LogP contribution in [0.25, 0.3) is 0 Å². The Morgan fingerprint density at radius 1 is 1.29 bits per heavy atom. The minimum Gasteiger partial charge on any atom is -0.492 e. The fraction of sp³-hybridized carbons (Fsp3) is 0.389. The summed E-state index contributed by atoms with van der Waals surface area (Å²) < 4.78 is 5.57. The molecule has 0 radical (unpaired) electrons. The highest BCUT2D eigenvalue weighted by Crippen LogP contribution is 2.26. The van der Waals surface area contributed by atoms with E-state index in [2.05, 4.69) is 20.2 Å². The zero-order valence-electron chi connectivity index (χ0n) is 13.8. The number of rotatable bonds is 5. The predicted molar refractivity (Wildman–Crippen MR) is 93.2 cm³/mol. The molecule has 6 heteroatoms. The minimum absolute atomic E-state index is 0.0165. The number of carbonyl (C=O) groups is 1. The molecule has 24 heavy (non-hydrogen) atoms. The second-order valence-electron chi connectivity index (χ2n) is 5.75. The summed E-state index contributed by atoms with van der Waals surface area (Å²) in [5, 5.41) is 3.01. The van der Waals surface area contributed by atoms with Crippen molar-refractivity contribution < 1.29 is 9.53 Å². The second kappa shape index (κ2) is 7.77. The average Bonchev–Trinajstić information content (AvgIpc) is 2.64. The molecular formula is C18H22N4O2. The second-order valence-corrected chi connectivity index (χ2v) is 5.75. The van der Waals surface area contributed by atoms with Crippen molar-refractivity contribution in [3.8, 4) is 5.75 Å². The van der Waals surface area contributed by atoms with Crippen LogP contribution in [-0.2, 0) is 4.79 Å². The molecule has 126 valence electrons. The maximum absolute atomic E-state index is 12.7. The lowest BCUT2D eigenvalue weighted by Gasteiger charge is -2.32. The number of ether oxygens (including phenoxy) is 1. The van der Waals surface area contributed by atoms with Gasteiger partial charge in [0.15, 0.2) is 0 Å². The Balaban J connectivity index is 1.67. The van der Waals surface area contributed by atoms with E-state index in [9.17, 15) is 4.79 Å². The number of hydrogen-bond donors (Lipinski definition) is 1. The summed E-state index contributed by atoms with van der Waals surface area (Å²) >= 11 is 0. The standard InChI is InChI=1S/C18H22N4O2/c1-2-24-16-9-4-3-8-15(16)21-17(23)14-7-5-12-22(13-14)18-19-10-6-11-20-18/h3-4,6,8-11,14H,2,5,7,12-13H2,1H3,(H,21,23)/t14-/m0/s1. The van der Waals surface area contributed by atoms with Crippen molar-refractivity contribution in [1.82, 2.24) is 9.97 Å². The molecular weight excluding hydrogens is 304 g/mol. The van der Waals surface area contributed by atoms with Gasteiger partial charge in [0.2, 0.25) is 11.9 Å². The first kappa shape index (κ1) is 16.2. The molecule has 1 aliphatic rings. The van der Waals surface area contributed by atoms with E-state index < -0.39 is 0 Å². The molecule has 1 aliphatic heterocycles. The lowest BCUT2D eigenvalue weighted by atomic mass is 9.97. The van der Waals surface area contributed by atoms with Crippen LogP contribution >= 0.6 is 0 Å². The molecule has 0 unspecified atom stereocenters. The molecule has 1 N–H and O–H groups in total. The van der Waals surface area contributed by atoms with Gasteiger partial charge in [-0.05, 0) is 38.0 Å². The third kappa shape index (κ3) is 3.82. The normalized spacial score (nSPS) is 17.4. The quantitative estimate of drug-likeness (QED) is 0.915. The van der Waals surface area contributed by atoms with Gasteiger partial charge in [-0.2, -0.15) is 0 Å². The summed E-state index contributed by atoms with van der Waals surface area (Å²) in [7, 11) is 0. The predicted octanol–water partition coefficient (Wildman–Crippen LogP) is 2.73. The summed E-state index contributed by atoms with van der Waals surface area (Å²) in [6, 6.07) is 9.31. The van der Waals surface area contributed by atoms with E-state index >= 15 is 0 Å². The number of para-hydroxylation sites is 2. The van der Waals surface area contributed by atoms with Crippen molar-refractivity contribution in [3.63, 3.8) is 0 Å². The van der Waals surface area contributed by atoms with Crippen LogP contribution in [0.4, 0.5) is 11.6 Å². The third-order valence-corrected chi connectivity index (χ3v) is 4.07. The minimum atomic E-state index is -0.0859. The molecule has 2 aromatic rings. The number of nitrogens with one attached hydrogen (secondary N) is 1.